The van der Waals surface area contributed by atoms with E-state index in [1.807, 2.05) is 92.7 Å². The number of hydrogen-bond acceptors (Lipinski definition) is 6. The molecule has 1 aromatic heterocycles. The Labute approximate surface area is 281 Å². The van der Waals surface area contributed by atoms with E-state index in [-0.39, 0.29) is 41.7 Å². The summed E-state index contributed by atoms with van der Waals surface area (Å²) in [5.41, 5.74) is 5.91. The highest BCUT2D eigenvalue weighted by molar-refractivity contribution is 5.92. The Kier molecular flexibility index (Phi) is 9.99. The van der Waals surface area contributed by atoms with E-state index in [0.29, 0.717) is 12.2 Å². The molecule has 8 nitrogen and oxygen atoms in total. The minimum Gasteiger partial charge on any atom is -0.462 e. The highest BCUT2D eigenvalue weighted by Crippen LogP contribution is 2.36. The summed E-state index contributed by atoms with van der Waals surface area (Å²) in [4.78, 5) is 42.1. The molecule has 246 valence electrons. The van der Waals surface area contributed by atoms with Gasteiger partial charge in [0.05, 0.1) is 23.9 Å². The number of hydrogen-bond donors (Lipinski definition) is 0. The summed E-state index contributed by atoms with van der Waals surface area (Å²) in [6.45, 7) is 7.60. The van der Waals surface area contributed by atoms with Crippen molar-refractivity contribution in [1.82, 2.24) is 14.3 Å². The third-order valence-corrected chi connectivity index (χ3v) is 9.53. The SMILES string of the molecule is CCOC(=O)c1cc(CC(=O)C(c2ccccc2)C2CCN(c3ccc(-n4cnn(C(C)c5ccccc5)c4=O)cc3)CC2)ccc1C. The van der Waals surface area contributed by atoms with E-state index < -0.39 is 0 Å². The predicted molar refractivity (Wildman–Crippen MR) is 188 cm³/mol. The molecule has 48 heavy (non-hydrogen) atoms. The second kappa shape index (κ2) is 14.7. The number of ketones is 1. The Hall–Kier alpha value is -5.24. The van der Waals surface area contributed by atoms with Crippen LogP contribution in [0.4, 0.5) is 5.69 Å². The molecule has 1 fully saturated rings. The van der Waals surface area contributed by atoms with Gasteiger partial charge in [0.2, 0.25) is 0 Å². The molecule has 0 amide bonds. The first-order chi connectivity index (χ1) is 23.3. The standard InChI is InChI=1S/C40H42N4O4/c1-4-48-39(46)36-25-30(16-15-28(36)2)26-37(45)38(32-13-9-6-10-14-32)33-21-23-42(24-22-33)34-17-19-35(20-18-34)43-27-41-44(40(43)47)29(3)31-11-7-5-8-12-31/h5-20,25,27,29,33,38H,4,21-24,26H2,1-3H3. The lowest BCUT2D eigenvalue weighted by molar-refractivity contribution is -0.121. The van der Waals surface area contributed by atoms with Crippen LogP contribution in [0, 0.1) is 12.8 Å². The van der Waals surface area contributed by atoms with E-state index in [4.69, 9.17) is 4.74 Å². The van der Waals surface area contributed by atoms with Gasteiger partial charge in [-0.15, -0.1) is 0 Å². The van der Waals surface area contributed by atoms with E-state index in [1.165, 1.54) is 4.68 Å². The highest BCUT2D eigenvalue weighted by Gasteiger charge is 2.33. The average Bonchev–Trinajstić information content (AvgIpc) is 3.51. The first-order valence-electron chi connectivity index (χ1n) is 16.7. The number of aromatic nitrogens is 3. The second-order valence-electron chi connectivity index (χ2n) is 12.6. The fourth-order valence-electron chi connectivity index (χ4n) is 6.85. The van der Waals surface area contributed by atoms with Crippen molar-refractivity contribution in [3.05, 3.63) is 148 Å². The predicted octanol–water partition coefficient (Wildman–Crippen LogP) is 6.94. The summed E-state index contributed by atoms with van der Waals surface area (Å²) in [5, 5.41) is 4.40. The number of carbonyl (C=O) groups excluding carboxylic acids is 2. The van der Waals surface area contributed by atoms with Crippen molar-refractivity contribution in [1.29, 1.82) is 0 Å². The molecule has 2 atom stereocenters. The average molecular weight is 643 g/mol. The van der Waals surface area contributed by atoms with Gasteiger partial charge in [-0.05, 0) is 92.1 Å². The number of piperidine rings is 1. The van der Waals surface area contributed by atoms with Crippen molar-refractivity contribution in [3.8, 4) is 5.69 Å². The van der Waals surface area contributed by atoms with Gasteiger partial charge in [-0.3, -0.25) is 4.79 Å². The van der Waals surface area contributed by atoms with Gasteiger partial charge in [-0.1, -0.05) is 72.8 Å². The maximum absolute atomic E-state index is 14.0. The van der Waals surface area contributed by atoms with Gasteiger partial charge < -0.3 is 9.64 Å². The summed E-state index contributed by atoms with van der Waals surface area (Å²) in [5.74, 6) is -0.231. The van der Waals surface area contributed by atoms with Gasteiger partial charge in [0, 0.05) is 31.1 Å². The van der Waals surface area contributed by atoms with Gasteiger partial charge in [-0.2, -0.15) is 5.10 Å². The van der Waals surface area contributed by atoms with Crippen molar-refractivity contribution >= 4 is 17.4 Å². The fourth-order valence-corrected chi connectivity index (χ4v) is 6.85. The number of aryl methyl sites for hydroxylation is 1. The zero-order valence-electron chi connectivity index (χ0n) is 27.8. The molecule has 6 rings (SSSR count). The Balaban J connectivity index is 1.14. The monoisotopic (exact) mass is 642 g/mol. The highest BCUT2D eigenvalue weighted by atomic mass is 16.5. The van der Waals surface area contributed by atoms with Gasteiger partial charge >= 0.3 is 11.7 Å². The molecule has 0 bridgehead atoms. The number of esters is 1. The van der Waals surface area contributed by atoms with Crippen molar-refractivity contribution < 1.29 is 14.3 Å². The normalized spacial score (nSPS) is 14.8. The number of carbonyl (C=O) groups is 2. The first-order valence-corrected chi connectivity index (χ1v) is 16.7. The lowest BCUT2D eigenvalue weighted by Crippen LogP contribution is -2.37. The minimum atomic E-state index is -0.357. The number of anilines is 1. The Morgan fingerprint density at radius 3 is 2.12 bits per heavy atom. The summed E-state index contributed by atoms with van der Waals surface area (Å²) < 4.78 is 8.33. The third kappa shape index (κ3) is 7.03. The number of nitrogens with zero attached hydrogens (tertiary/aromatic N) is 4. The molecule has 1 saturated heterocycles. The van der Waals surface area contributed by atoms with Crippen LogP contribution in [0.2, 0.25) is 0 Å². The quantitative estimate of drug-likeness (QED) is 0.145. The number of ether oxygens (including phenoxy) is 1. The summed E-state index contributed by atoms with van der Waals surface area (Å²) in [6.07, 6.45) is 3.59. The molecule has 2 heterocycles. The van der Waals surface area contributed by atoms with Crippen molar-refractivity contribution in [3.63, 3.8) is 0 Å². The van der Waals surface area contributed by atoms with Crippen molar-refractivity contribution in [2.24, 2.45) is 5.92 Å². The van der Waals surface area contributed by atoms with Crippen LogP contribution in [-0.2, 0) is 16.0 Å². The maximum Gasteiger partial charge on any atom is 0.350 e. The van der Waals surface area contributed by atoms with E-state index >= 15 is 0 Å². The molecular weight excluding hydrogens is 600 g/mol. The molecule has 1 aliphatic heterocycles. The number of rotatable bonds is 11. The van der Waals surface area contributed by atoms with E-state index in [2.05, 4.69) is 34.3 Å². The molecule has 0 saturated carbocycles. The van der Waals surface area contributed by atoms with Crippen LogP contribution in [0.25, 0.3) is 5.69 Å². The van der Waals surface area contributed by atoms with Crippen LogP contribution in [0.1, 0.15) is 71.3 Å². The van der Waals surface area contributed by atoms with E-state index in [9.17, 15) is 14.4 Å². The minimum absolute atomic E-state index is 0.162. The van der Waals surface area contributed by atoms with Crippen LogP contribution < -0.4 is 10.6 Å². The molecule has 0 aliphatic carbocycles. The largest absolute Gasteiger partial charge is 0.462 e. The fraction of sp³-hybridized carbons (Fsp3) is 0.300. The molecule has 8 heteroatoms. The zero-order valence-corrected chi connectivity index (χ0v) is 27.8. The van der Waals surface area contributed by atoms with E-state index in [0.717, 1.165) is 59.6 Å². The summed E-state index contributed by atoms with van der Waals surface area (Å²) in [6, 6.07) is 33.5. The Bertz CT molecular complexity index is 1910. The topological polar surface area (TPSA) is 86.4 Å². The molecular formula is C40H42N4O4. The van der Waals surface area contributed by atoms with E-state index in [1.54, 1.807) is 17.8 Å². The number of Topliss-reactive ketones (excluding diaryl/α,β-unsaturated/α-hetero) is 1. The number of benzene rings is 4. The maximum atomic E-state index is 14.0. The lowest BCUT2D eigenvalue weighted by atomic mass is 9.76. The molecule has 2 unspecified atom stereocenters. The third-order valence-electron chi connectivity index (χ3n) is 9.53. The van der Waals surface area contributed by atoms with Gasteiger partial charge in [0.15, 0.2) is 0 Å². The van der Waals surface area contributed by atoms with Crippen molar-refractivity contribution in [2.75, 3.05) is 24.6 Å². The molecule has 1 aliphatic rings. The molecule has 4 aromatic carbocycles. The molecule has 0 radical (unpaired) electrons. The Morgan fingerprint density at radius 2 is 1.48 bits per heavy atom. The molecule has 0 spiro atoms. The lowest BCUT2D eigenvalue weighted by Gasteiger charge is -2.37. The van der Waals surface area contributed by atoms with Gasteiger partial charge in [0.25, 0.3) is 0 Å². The first kappa shape index (κ1) is 32.7. The molecule has 0 N–H and O–H groups in total. The van der Waals surface area contributed by atoms with Gasteiger partial charge in [0.1, 0.15) is 12.1 Å². The van der Waals surface area contributed by atoms with Crippen LogP contribution >= 0.6 is 0 Å². The smallest absolute Gasteiger partial charge is 0.350 e. The molecule has 5 aromatic rings. The van der Waals surface area contributed by atoms with Gasteiger partial charge in [-0.25, -0.2) is 18.8 Å². The van der Waals surface area contributed by atoms with Crippen LogP contribution in [0.3, 0.4) is 0 Å². The second-order valence-corrected chi connectivity index (χ2v) is 12.6. The Morgan fingerprint density at radius 1 is 0.854 bits per heavy atom. The van der Waals surface area contributed by atoms with Crippen LogP contribution in [0.15, 0.2) is 114 Å². The van der Waals surface area contributed by atoms with Crippen LogP contribution in [0.5, 0.6) is 0 Å². The zero-order chi connectivity index (χ0) is 33.6. The summed E-state index contributed by atoms with van der Waals surface area (Å²) >= 11 is 0. The summed E-state index contributed by atoms with van der Waals surface area (Å²) in [7, 11) is 0. The van der Waals surface area contributed by atoms with Crippen molar-refractivity contribution in [2.45, 2.75) is 52.0 Å². The van der Waals surface area contributed by atoms with Crippen LogP contribution in [-0.4, -0.2) is 45.8 Å².